The first-order valence-corrected chi connectivity index (χ1v) is 40.2. The van der Waals surface area contributed by atoms with E-state index in [4.69, 9.17) is 90.0 Å². The number of fused-ring (bicyclic) bond motifs is 8. The van der Waals surface area contributed by atoms with Gasteiger partial charge in [-0.15, -0.1) is 0 Å². The highest BCUT2D eigenvalue weighted by atomic mass is 16.7. The van der Waals surface area contributed by atoms with E-state index < -0.39 is 11.6 Å². The Bertz CT molecular complexity index is 5150. The molecule has 0 aliphatic carbocycles. The lowest BCUT2D eigenvalue weighted by molar-refractivity contribution is -0.150. The van der Waals surface area contributed by atoms with E-state index in [1.54, 1.807) is 68.8 Å². The van der Waals surface area contributed by atoms with Crippen LogP contribution in [-0.4, -0.2) is 146 Å². The van der Waals surface area contributed by atoms with Crippen LogP contribution < -0.4 is 90.0 Å². The molecule has 10 aliphatic rings. The molecule has 10 aliphatic heterocycles. The van der Waals surface area contributed by atoms with Crippen molar-refractivity contribution in [2.24, 2.45) is 17.8 Å². The number of phenolic OH excluding ortho intramolecular Hbond substituents is 2. The molecule has 0 bridgehead atoms. The van der Waals surface area contributed by atoms with Crippen LogP contribution in [0, 0.1) is 17.8 Å². The highest BCUT2D eigenvalue weighted by molar-refractivity contribution is 5.83. The molecule has 10 heterocycles. The fraction of sp³-hybridized carbons (Fsp3) is 0.394. The van der Waals surface area contributed by atoms with E-state index in [0.717, 1.165) is 154 Å². The number of ether oxygens (including phenoxy) is 19. The Labute approximate surface area is 687 Å². The van der Waals surface area contributed by atoms with Crippen LogP contribution in [0.5, 0.6) is 121 Å². The van der Waals surface area contributed by atoms with Crippen LogP contribution in [0.4, 0.5) is 0 Å². The van der Waals surface area contributed by atoms with E-state index in [2.05, 4.69) is 59.2 Å². The van der Waals surface area contributed by atoms with E-state index >= 15 is 0 Å². The highest BCUT2D eigenvalue weighted by Gasteiger charge is 2.55. The number of para-hydroxylation sites is 2. The summed E-state index contributed by atoms with van der Waals surface area (Å²) in [6, 6.07) is 46.9. The molecule has 9 atom stereocenters. The Morgan fingerprint density at radius 3 is 1.50 bits per heavy atom. The summed E-state index contributed by atoms with van der Waals surface area (Å²) in [6.45, 7) is 14.6. The molecule has 2 N–H and O–H groups in total. The summed E-state index contributed by atoms with van der Waals surface area (Å²) in [6.07, 6.45) is 11.3. The van der Waals surface area contributed by atoms with Crippen molar-refractivity contribution in [2.45, 2.75) is 121 Å². The Morgan fingerprint density at radius 2 is 0.958 bits per heavy atom. The molecule has 19 rings (SSSR count). The smallest absolute Gasteiger partial charge is 0.231 e. The number of hydrogen-bond donors (Lipinski definition) is 2. The minimum atomic E-state index is -0.825. The molecule has 9 unspecified atom stereocenters. The van der Waals surface area contributed by atoms with Gasteiger partial charge < -0.3 is 100 Å². The van der Waals surface area contributed by atoms with Crippen LogP contribution in [-0.2, 0) is 11.2 Å². The number of methoxy groups -OCH3 is 7. The number of benzene rings is 9. The van der Waals surface area contributed by atoms with E-state index in [9.17, 15) is 15.0 Å². The lowest BCUT2D eigenvalue weighted by atomic mass is 9.71. The van der Waals surface area contributed by atoms with Crippen LogP contribution in [0.3, 0.4) is 0 Å². The molecule has 620 valence electrons. The van der Waals surface area contributed by atoms with E-state index in [1.807, 2.05) is 124 Å². The van der Waals surface area contributed by atoms with Gasteiger partial charge in [0, 0.05) is 108 Å². The Kier molecular flexibility index (Phi) is 23.0. The molecule has 0 spiro atoms. The van der Waals surface area contributed by atoms with Crippen LogP contribution >= 0.6 is 0 Å². The monoisotopic (exact) mass is 1610 g/mol. The van der Waals surface area contributed by atoms with Crippen LogP contribution in [0.25, 0.3) is 6.08 Å². The number of hydrogen-bond acceptors (Lipinski definition) is 24. The number of carbonyl (C=O) groups is 1. The van der Waals surface area contributed by atoms with E-state index in [0.29, 0.717) is 63.2 Å². The number of nitrogens with zero attached hydrogens (tertiary/aromatic N) is 2. The standard InChI is InChI=1S/C27H26O5.C26H31NO7.C22H25NO5.C19H20O5/c1-28-22-10-6-18(7-11-22)4-3-5-20-14-21-15-25-26(31-17-30-25)16-24(21)32-27(20)19-8-12-23(29-2)13-9-19;1-15(28)24-23(16-10-21(29-3)25(31-5)22(11-16)30-4)17-12-19-20(33-14-32-19)13-18(17)34-26(24,2)27-8-6-7-9-27;1-13-20(14-6-5-7-16(25-2)21(14)24)15-10-18-19(27-12-26-18)11-17(15)28-22(13)23-8-3-4-9-23;1-19(2)9-13(11-5-4-6-14(21-3)18(11)20)12-7-16-17(23-10-22-16)8-15(12)24-19/h3-4,6-13,15-16,20,27H,5,14,17H2,1-2H3;10-13,23-24H,6-9,14H2,1-5H3;5-7,10-11,13,20,22,24H,3-4,8-9,12H2,1-2H3;4-8,13,20H,9-10H2,1-3H3/b4-3+;;;. The maximum absolute atomic E-state index is 13.4. The Morgan fingerprint density at radius 1 is 0.475 bits per heavy atom. The van der Waals surface area contributed by atoms with Crippen molar-refractivity contribution in [3.8, 4) is 121 Å². The summed E-state index contributed by atoms with van der Waals surface area (Å²) in [5.74, 6) is 13.0. The van der Waals surface area contributed by atoms with Crippen LogP contribution in [0.15, 0.2) is 152 Å². The summed E-state index contributed by atoms with van der Waals surface area (Å²) in [5, 5.41) is 21.5. The molecule has 9 aromatic carbocycles. The van der Waals surface area contributed by atoms with Crippen LogP contribution in [0.2, 0.25) is 0 Å². The van der Waals surface area contributed by atoms with Crippen molar-refractivity contribution in [2.75, 3.05) is 103 Å². The van der Waals surface area contributed by atoms with E-state index in [1.165, 1.54) is 12.8 Å². The second-order valence-corrected chi connectivity index (χ2v) is 31.6. The molecule has 24 nitrogen and oxygen atoms in total. The predicted octanol–water partition coefficient (Wildman–Crippen LogP) is 17.3. The molecule has 0 amide bonds. The topological polar surface area (TPSA) is 239 Å². The SMILES string of the molecule is COc1cc(C2c3cc4c(cc3OC(C)(N3CCCC3)C2C(C)=O)OCO4)cc(OC)c1OC.COc1ccc(/C=C/CC2Cc3cc4c(cc3OC2c2ccc(OC)cc2)OCO4)cc1.COc1cccc(C2CC(C)(C)Oc3cc4c(cc32)OCO4)c1O.COc1cccc(C2c3cc4c(cc3OC(N3CCCC3)C2C)OCO4)c1O. The van der Waals surface area contributed by atoms with Crippen molar-refractivity contribution in [3.05, 3.63) is 202 Å². The van der Waals surface area contributed by atoms with Gasteiger partial charge in [-0.1, -0.05) is 67.6 Å². The zero-order chi connectivity index (χ0) is 82.1. The summed E-state index contributed by atoms with van der Waals surface area (Å²) in [4.78, 5) is 18.1. The maximum atomic E-state index is 13.4. The lowest BCUT2D eigenvalue weighted by Gasteiger charge is -2.50. The van der Waals surface area contributed by atoms with Crippen molar-refractivity contribution >= 4 is 11.9 Å². The van der Waals surface area contributed by atoms with Crippen molar-refractivity contribution in [3.63, 3.8) is 0 Å². The number of carbonyl (C=O) groups excluding carboxylic acids is 1. The fourth-order valence-corrected chi connectivity index (χ4v) is 18.3. The molecule has 0 radical (unpaired) electrons. The minimum absolute atomic E-state index is 0.0200. The van der Waals surface area contributed by atoms with Gasteiger partial charge >= 0.3 is 0 Å². The third kappa shape index (κ3) is 15.7. The molecular weight excluding hydrogens is 1510 g/mol. The Balaban J connectivity index is 0.000000118. The number of phenols is 2. The van der Waals surface area contributed by atoms with Gasteiger partial charge in [0.25, 0.3) is 0 Å². The summed E-state index contributed by atoms with van der Waals surface area (Å²) >= 11 is 0. The molecule has 9 aromatic rings. The first-order chi connectivity index (χ1) is 57.3. The van der Waals surface area contributed by atoms with Gasteiger partial charge in [0.1, 0.15) is 52.0 Å². The van der Waals surface area contributed by atoms with Gasteiger partial charge in [-0.05, 0) is 168 Å². The second-order valence-electron chi connectivity index (χ2n) is 31.6. The van der Waals surface area contributed by atoms with Gasteiger partial charge in [0.15, 0.2) is 92.4 Å². The summed E-state index contributed by atoms with van der Waals surface area (Å²) < 4.78 is 108. The average Bonchev–Trinajstić information content (AvgIpc) is 1.27. The molecule has 2 fully saturated rings. The van der Waals surface area contributed by atoms with E-state index in [-0.39, 0.29) is 92.0 Å². The highest BCUT2D eigenvalue weighted by Crippen LogP contribution is 2.58. The summed E-state index contributed by atoms with van der Waals surface area (Å²) in [7, 11) is 11.2. The van der Waals surface area contributed by atoms with Gasteiger partial charge in [-0.3, -0.25) is 14.6 Å². The number of allylic oxidation sites excluding steroid dienone is 1. The average molecular weight is 1610 g/mol. The normalized spacial score (nSPS) is 22.7. The largest absolute Gasteiger partial charge is 0.504 e. The van der Waals surface area contributed by atoms with Crippen molar-refractivity contribution in [1.82, 2.24) is 9.80 Å². The molecular formula is C94H102N2O22. The van der Waals surface area contributed by atoms with Gasteiger partial charge in [0.2, 0.25) is 32.9 Å². The first kappa shape index (κ1) is 79.9. The molecule has 0 saturated carbocycles. The number of ketones is 1. The summed E-state index contributed by atoms with van der Waals surface area (Å²) in [5.41, 5.74) is 7.67. The number of rotatable bonds is 17. The van der Waals surface area contributed by atoms with Crippen molar-refractivity contribution in [1.29, 1.82) is 0 Å². The van der Waals surface area contributed by atoms with Gasteiger partial charge in [0.05, 0.1) is 55.7 Å². The minimum Gasteiger partial charge on any atom is -0.504 e. The molecule has 2 saturated heterocycles. The quantitative estimate of drug-likeness (QED) is 0.0861. The zero-order valence-corrected chi connectivity index (χ0v) is 68.7. The maximum Gasteiger partial charge on any atom is 0.231 e. The van der Waals surface area contributed by atoms with Crippen molar-refractivity contribution < 1.29 is 105 Å². The number of aromatic hydroxyl groups is 2. The van der Waals surface area contributed by atoms with Gasteiger partial charge in [-0.25, -0.2) is 0 Å². The molecule has 24 heteroatoms. The molecule has 118 heavy (non-hydrogen) atoms. The molecule has 0 aromatic heterocycles. The third-order valence-corrected chi connectivity index (χ3v) is 24.1. The van der Waals surface area contributed by atoms with Crippen LogP contribution in [0.1, 0.15) is 147 Å². The zero-order valence-electron chi connectivity index (χ0n) is 68.7. The third-order valence-electron chi connectivity index (χ3n) is 24.1. The first-order valence-electron chi connectivity index (χ1n) is 40.2. The number of Topliss-reactive ketones (excluding diaryl/α,β-unsaturated/α-hetero) is 1. The number of likely N-dealkylation sites (tertiary alicyclic amines) is 2. The fourth-order valence-electron chi connectivity index (χ4n) is 18.3. The second kappa shape index (κ2) is 34.0. The lowest BCUT2D eigenvalue weighted by Crippen LogP contribution is -2.60. The Hall–Kier alpha value is -11.9. The predicted molar refractivity (Wildman–Crippen MR) is 439 cm³/mol. The van der Waals surface area contributed by atoms with Gasteiger partial charge in [-0.2, -0.15) is 0 Å².